The SMILES string of the molecule is Cc1cncc(N2C[C@@H]3[C@H](CNC(=O)c4ccnc(C(C)C)n4)[C@H]4CC[C@]3(C2)O4)n1. The summed E-state index contributed by atoms with van der Waals surface area (Å²) in [6.07, 6.45) is 7.61. The Kier molecular flexibility index (Phi) is 4.69. The van der Waals surface area contributed by atoms with Crippen molar-refractivity contribution in [2.45, 2.75) is 51.2 Å². The van der Waals surface area contributed by atoms with Crippen LogP contribution in [0.5, 0.6) is 0 Å². The largest absolute Gasteiger partial charge is 0.369 e. The third-order valence-electron chi connectivity index (χ3n) is 6.77. The van der Waals surface area contributed by atoms with Crippen molar-refractivity contribution in [2.24, 2.45) is 11.8 Å². The lowest BCUT2D eigenvalue weighted by Crippen LogP contribution is -2.42. The Morgan fingerprint density at radius 1 is 1.37 bits per heavy atom. The maximum absolute atomic E-state index is 12.7. The van der Waals surface area contributed by atoms with Crippen molar-refractivity contribution in [3.8, 4) is 0 Å². The lowest BCUT2D eigenvalue weighted by atomic mass is 9.73. The lowest BCUT2D eigenvalue weighted by molar-refractivity contribution is 0.0141. The molecule has 4 atom stereocenters. The second-order valence-electron chi connectivity index (χ2n) is 9.09. The summed E-state index contributed by atoms with van der Waals surface area (Å²) >= 11 is 0. The summed E-state index contributed by atoms with van der Waals surface area (Å²) in [6, 6.07) is 1.67. The highest BCUT2D eigenvalue weighted by Crippen LogP contribution is 2.55. The number of hydrogen-bond donors (Lipinski definition) is 1. The van der Waals surface area contributed by atoms with Gasteiger partial charge in [-0.15, -0.1) is 0 Å². The van der Waals surface area contributed by atoms with Crippen LogP contribution in [-0.4, -0.2) is 57.2 Å². The van der Waals surface area contributed by atoms with Gasteiger partial charge in [0.1, 0.15) is 17.3 Å². The third-order valence-corrected chi connectivity index (χ3v) is 6.77. The topological polar surface area (TPSA) is 93.1 Å². The Morgan fingerprint density at radius 3 is 3.03 bits per heavy atom. The van der Waals surface area contributed by atoms with Crippen LogP contribution in [0.15, 0.2) is 24.7 Å². The van der Waals surface area contributed by atoms with Crippen molar-refractivity contribution in [2.75, 3.05) is 24.5 Å². The molecule has 30 heavy (non-hydrogen) atoms. The van der Waals surface area contributed by atoms with E-state index in [1.54, 1.807) is 18.5 Å². The number of nitrogens with one attached hydrogen (secondary N) is 1. The van der Waals surface area contributed by atoms with Gasteiger partial charge >= 0.3 is 0 Å². The van der Waals surface area contributed by atoms with E-state index in [-0.39, 0.29) is 23.5 Å². The maximum Gasteiger partial charge on any atom is 0.270 e. The summed E-state index contributed by atoms with van der Waals surface area (Å²) in [7, 11) is 0. The van der Waals surface area contributed by atoms with E-state index in [1.165, 1.54) is 0 Å². The molecule has 3 fully saturated rings. The summed E-state index contributed by atoms with van der Waals surface area (Å²) in [5.41, 5.74) is 1.22. The predicted octanol–water partition coefficient (Wildman–Crippen LogP) is 2.11. The molecule has 0 aromatic carbocycles. The molecular weight excluding hydrogens is 380 g/mol. The van der Waals surface area contributed by atoms with Gasteiger partial charge in [0.2, 0.25) is 0 Å². The van der Waals surface area contributed by atoms with Crippen LogP contribution in [-0.2, 0) is 4.74 Å². The fourth-order valence-corrected chi connectivity index (χ4v) is 5.32. The van der Waals surface area contributed by atoms with Crippen LogP contribution in [0.4, 0.5) is 5.82 Å². The number of aromatic nitrogens is 4. The zero-order valence-electron chi connectivity index (χ0n) is 17.7. The predicted molar refractivity (Wildman–Crippen MR) is 111 cm³/mol. The quantitative estimate of drug-likeness (QED) is 0.810. The van der Waals surface area contributed by atoms with Crippen LogP contribution < -0.4 is 10.2 Å². The number of hydrogen-bond acceptors (Lipinski definition) is 7. The first-order valence-electron chi connectivity index (χ1n) is 10.8. The molecule has 2 aromatic heterocycles. The molecule has 2 aromatic rings. The van der Waals surface area contributed by atoms with E-state index in [2.05, 4.69) is 30.2 Å². The van der Waals surface area contributed by atoms with Gasteiger partial charge in [-0.25, -0.2) is 15.0 Å². The molecule has 1 N–H and O–H groups in total. The molecule has 158 valence electrons. The molecule has 8 heteroatoms. The van der Waals surface area contributed by atoms with Crippen LogP contribution in [0.25, 0.3) is 0 Å². The standard InChI is InChI=1S/C22H28N6O2/c1-13(2)20-24-7-5-17(27-20)21(29)25-9-15-16-11-28(19-10-23-8-14(3)26-19)12-22(16)6-4-18(15)30-22/h5,7-8,10,13,15-16,18H,4,6,9,11-12H2,1-3H3,(H,25,29)/t15-,16+,18+,22+/m0/s1. The zero-order valence-corrected chi connectivity index (χ0v) is 17.7. The Bertz CT molecular complexity index is 966. The van der Waals surface area contributed by atoms with Crippen LogP contribution in [0, 0.1) is 18.8 Å². The number of nitrogens with zero attached hydrogens (tertiary/aromatic N) is 5. The molecule has 3 aliphatic rings. The van der Waals surface area contributed by atoms with Crippen molar-refractivity contribution < 1.29 is 9.53 Å². The minimum absolute atomic E-state index is 0.120. The number of carbonyl (C=O) groups is 1. The summed E-state index contributed by atoms with van der Waals surface area (Å²) in [6.45, 7) is 8.34. The van der Waals surface area contributed by atoms with E-state index in [0.29, 0.717) is 29.9 Å². The minimum Gasteiger partial charge on any atom is -0.369 e. The maximum atomic E-state index is 12.7. The average molecular weight is 409 g/mol. The van der Waals surface area contributed by atoms with E-state index in [9.17, 15) is 4.79 Å². The van der Waals surface area contributed by atoms with Crippen molar-refractivity contribution >= 4 is 11.7 Å². The number of anilines is 1. The fourth-order valence-electron chi connectivity index (χ4n) is 5.32. The third kappa shape index (κ3) is 3.23. The molecule has 5 heterocycles. The normalized spacial score (nSPS) is 29.5. The van der Waals surface area contributed by atoms with Gasteiger partial charge in [-0.1, -0.05) is 13.8 Å². The van der Waals surface area contributed by atoms with Gasteiger partial charge in [0.05, 0.1) is 23.6 Å². The molecule has 3 saturated heterocycles. The first-order valence-corrected chi connectivity index (χ1v) is 10.8. The van der Waals surface area contributed by atoms with Crippen LogP contribution in [0.1, 0.15) is 54.6 Å². The van der Waals surface area contributed by atoms with Crippen LogP contribution >= 0.6 is 0 Å². The summed E-state index contributed by atoms with van der Waals surface area (Å²) in [5, 5.41) is 3.11. The highest BCUT2D eigenvalue weighted by atomic mass is 16.5. The molecular formula is C22H28N6O2. The molecule has 2 bridgehead atoms. The molecule has 1 spiro atoms. The van der Waals surface area contributed by atoms with Crippen molar-refractivity contribution in [1.29, 1.82) is 0 Å². The van der Waals surface area contributed by atoms with Crippen molar-refractivity contribution in [3.63, 3.8) is 0 Å². The highest BCUT2D eigenvalue weighted by molar-refractivity contribution is 5.92. The molecule has 0 radical (unpaired) electrons. The van der Waals surface area contributed by atoms with Crippen molar-refractivity contribution in [3.05, 3.63) is 41.9 Å². The number of rotatable bonds is 5. The Morgan fingerprint density at radius 2 is 2.23 bits per heavy atom. The Balaban J connectivity index is 1.28. The lowest BCUT2D eigenvalue weighted by Gasteiger charge is -2.29. The van der Waals surface area contributed by atoms with E-state index in [1.807, 2.05) is 27.0 Å². The van der Waals surface area contributed by atoms with Gasteiger partial charge in [-0.05, 0) is 25.8 Å². The van der Waals surface area contributed by atoms with E-state index in [4.69, 9.17) is 4.74 Å². The molecule has 0 saturated carbocycles. The van der Waals surface area contributed by atoms with Gasteiger partial charge < -0.3 is 15.0 Å². The number of carbonyl (C=O) groups excluding carboxylic acids is 1. The van der Waals surface area contributed by atoms with E-state index < -0.39 is 0 Å². The minimum atomic E-state index is -0.143. The molecule has 0 aliphatic carbocycles. The van der Waals surface area contributed by atoms with Gasteiger partial charge in [-0.3, -0.25) is 9.78 Å². The fraction of sp³-hybridized carbons (Fsp3) is 0.591. The number of aryl methyl sites for hydroxylation is 1. The van der Waals surface area contributed by atoms with Crippen molar-refractivity contribution in [1.82, 2.24) is 25.3 Å². The monoisotopic (exact) mass is 408 g/mol. The Labute approximate surface area is 176 Å². The molecule has 5 rings (SSSR count). The average Bonchev–Trinajstić information content (AvgIpc) is 3.41. The van der Waals surface area contributed by atoms with Gasteiger partial charge in [0.15, 0.2) is 0 Å². The first-order chi connectivity index (χ1) is 14.4. The molecule has 1 amide bonds. The summed E-state index contributed by atoms with van der Waals surface area (Å²) in [5.74, 6) is 2.33. The number of fused-ring (bicyclic) bond motifs is 1. The molecule has 3 aliphatic heterocycles. The summed E-state index contributed by atoms with van der Waals surface area (Å²) < 4.78 is 6.50. The van der Waals surface area contributed by atoms with Gasteiger partial charge in [-0.2, -0.15) is 0 Å². The van der Waals surface area contributed by atoms with Crippen LogP contribution in [0.2, 0.25) is 0 Å². The van der Waals surface area contributed by atoms with Crippen LogP contribution in [0.3, 0.4) is 0 Å². The summed E-state index contributed by atoms with van der Waals surface area (Å²) in [4.78, 5) is 32.6. The number of amides is 1. The molecule has 8 nitrogen and oxygen atoms in total. The van der Waals surface area contributed by atoms with Gasteiger partial charge in [0.25, 0.3) is 5.91 Å². The van der Waals surface area contributed by atoms with E-state index in [0.717, 1.165) is 37.4 Å². The number of ether oxygens (including phenoxy) is 1. The Hall–Kier alpha value is -2.61. The zero-order chi connectivity index (χ0) is 20.9. The van der Waals surface area contributed by atoms with E-state index >= 15 is 0 Å². The highest BCUT2D eigenvalue weighted by Gasteiger charge is 2.63. The smallest absolute Gasteiger partial charge is 0.270 e. The second-order valence-corrected chi connectivity index (χ2v) is 9.09. The van der Waals surface area contributed by atoms with Gasteiger partial charge in [0, 0.05) is 49.8 Å². The molecule has 0 unspecified atom stereocenters. The first kappa shape index (κ1) is 19.4. The second kappa shape index (κ2) is 7.27.